The fourth-order valence-corrected chi connectivity index (χ4v) is 5.44. The first-order valence-electron chi connectivity index (χ1n) is 9.20. The highest BCUT2D eigenvalue weighted by atomic mass is 16.4. The van der Waals surface area contributed by atoms with Crippen molar-refractivity contribution in [3.63, 3.8) is 0 Å². The Labute approximate surface area is 150 Å². The lowest BCUT2D eigenvalue weighted by molar-refractivity contribution is -0.152. The number of aliphatic hydroxyl groups excluding tert-OH is 3. The van der Waals surface area contributed by atoms with E-state index in [2.05, 4.69) is 13.5 Å². The molecule has 0 unspecified atom stereocenters. The van der Waals surface area contributed by atoms with Crippen molar-refractivity contribution in [3.8, 4) is 0 Å². The highest BCUT2D eigenvalue weighted by Gasteiger charge is 2.57. The van der Waals surface area contributed by atoms with Gasteiger partial charge < -0.3 is 20.4 Å². The average Bonchev–Trinajstić information content (AvgIpc) is 2.56. The van der Waals surface area contributed by atoms with E-state index < -0.39 is 17.5 Å². The van der Waals surface area contributed by atoms with Crippen molar-refractivity contribution in [1.29, 1.82) is 0 Å². The number of carboxylic acids is 1. The molecule has 0 aromatic rings. The van der Waals surface area contributed by atoms with Crippen LogP contribution in [0.1, 0.15) is 52.4 Å². The van der Waals surface area contributed by atoms with E-state index in [1.54, 1.807) is 0 Å². The largest absolute Gasteiger partial charge is 0.478 e. The van der Waals surface area contributed by atoms with E-state index in [1.165, 1.54) is 6.08 Å². The van der Waals surface area contributed by atoms with Crippen LogP contribution in [0.3, 0.4) is 0 Å². The third-order valence-corrected chi connectivity index (χ3v) is 7.01. The lowest BCUT2D eigenvalue weighted by atomic mass is 9.46. The van der Waals surface area contributed by atoms with Crippen molar-refractivity contribution in [2.45, 2.75) is 58.5 Å². The molecular formula is C20H32O5. The van der Waals surface area contributed by atoms with E-state index >= 15 is 0 Å². The van der Waals surface area contributed by atoms with Gasteiger partial charge in [-0.05, 0) is 61.9 Å². The number of carbonyl (C=O) groups is 1. The lowest BCUT2D eigenvalue weighted by Gasteiger charge is -2.60. The van der Waals surface area contributed by atoms with Gasteiger partial charge in [0.2, 0.25) is 0 Å². The van der Waals surface area contributed by atoms with Crippen molar-refractivity contribution in [2.75, 3.05) is 13.2 Å². The summed E-state index contributed by atoms with van der Waals surface area (Å²) in [6, 6.07) is 0. The molecule has 0 radical (unpaired) electrons. The summed E-state index contributed by atoms with van der Waals surface area (Å²) in [4.78, 5) is 11.3. The van der Waals surface area contributed by atoms with E-state index in [9.17, 15) is 20.1 Å². The first-order valence-corrected chi connectivity index (χ1v) is 9.20. The molecule has 0 aromatic heterocycles. The van der Waals surface area contributed by atoms with Crippen LogP contribution in [0.15, 0.2) is 23.8 Å². The lowest BCUT2D eigenvalue weighted by Crippen LogP contribution is -2.57. The van der Waals surface area contributed by atoms with Gasteiger partial charge in [-0.25, -0.2) is 4.79 Å². The molecule has 0 amide bonds. The molecule has 0 spiro atoms. The van der Waals surface area contributed by atoms with Crippen LogP contribution >= 0.6 is 0 Å². The normalized spacial score (nSPS) is 39.2. The van der Waals surface area contributed by atoms with E-state index in [-0.39, 0.29) is 36.0 Å². The Kier molecular flexibility index (Phi) is 6.13. The smallest absolute Gasteiger partial charge is 0.331 e. The third kappa shape index (κ3) is 3.55. The van der Waals surface area contributed by atoms with Crippen LogP contribution in [0.25, 0.3) is 0 Å². The Morgan fingerprint density at radius 3 is 2.56 bits per heavy atom. The number of fused-ring (bicyclic) bond motifs is 1. The Hall–Kier alpha value is -1.17. The van der Waals surface area contributed by atoms with Gasteiger partial charge in [-0.1, -0.05) is 26.0 Å². The monoisotopic (exact) mass is 352 g/mol. The Balaban J connectivity index is 2.26. The summed E-state index contributed by atoms with van der Waals surface area (Å²) >= 11 is 0. The predicted molar refractivity (Wildman–Crippen MR) is 95.9 cm³/mol. The summed E-state index contributed by atoms with van der Waals surface area (Å²) < 4.78 is 0. The van der Waals surface area contributed by atoms with Crippen LogP contribution in [-0.4, -0.2) is 45.7 Å². The zero-order chi connectivity index (χ0) is 18.8. The van der Waals surface area contributed by atoms with Crippen LogP contribution < -0.4 is 0 Å². The first-order chi connectivity index (χ1) is 11.7. The van der Waals surface area contributed by atoms with Gasteiger partial charge in [0.15, 0.2) is 0 Å². The van der Waals surface area contributed by atoms with Gasteiger partial charge in [0.05, 0.1) is 19.3 Å². The summed E-state index contributed by atoms with van der Waals surface area (Å²) in [6.45, 7) is 8.12. The van der Waals surface area contributed by atoms with E-state index in [4.69, 9.17) is 5.11 Å². The van der Waals surface area contributed by atoms with Gasteiger partial charge in [-0.3, -0.25) is 0 Å². The van der Waals surface area contributed by atoms with Crippen LogP contribution in [-0.2, 0) is 4.79 Å². The van der Waals surface area contributed by atoms with E-state index in [0.717, 1.165) is 24.8 Å². The second-order valence-electron chi connectivity index (χ2n) is 8.28. The van der Waals surface area contributed by atoms with Gasteiger partial charge in [-0.15, -0.1) is 0 Å². The molecule has 142 valence electrons. The summed E-state index contributed by atoms with van der Waals surface area (Å²) in [5, 5.41) is 38.8. The molecule has 0 aliphatic heterocycles. The molecule has 2 rings (SSSR count). The number of aliphatic carboxylic acids is 1. The molecule has 2 aliphatic rings. The van der Waals surface area contributed by atoms with Gasteiger partial charge in [0.1, 0.15) is 0 Å². The number of hydrogen-bond acceptors (Lipinski definition) is 4. The Morgan fingerprint density at radius 1 is 1.32 bits per heavy atom. The molecule has 0 bridgehead atoms. The number of hydrogen-bond donors (Lipinski definition) is 4. The molecule has 4 N–H and O–H groups in total. The first kappa shape index (κ1) is 20.1. The molecule has 0 aromatic carbocycles. The fraction of sp³-hybridized carbons (Fsp3) is 0.750. The maximum Gasteiger partial charge on any atom is 0.331 e. The maximum absolute atomic E-state index is 11.3. The molecule has 5 nitrogen and oxygen atoms in total. The minimum absolute atomic E-state index is 0.0432. The zero-order valence-electron chi connectivity index (χ0n) is 15.4. The molecule has 2 aliphatic carbocycles. The Bertz CT molecular complexity index is 554. The maximum atomic E-state index is 11.3. The SMILES string of the molecule is C=C1CC[C@@H]2[C@](C)(CO)[C@H](O)CC[C@@]2(C)[C@@H]1CC/C(=C/CO)C(=O)O. The van der Waals surface area contributed by atoms with Crippen LogP contribution in [0.2, 0.25) is 0 Å². The predicted octanol–water partition coefficient (Wildman–Crippen LogP) is 2.51. The fourth-order valence-electron chi connectivity index (χ4n) is 5.44. The second-order valence-corrected chi connectivity index (χ2v) is 8.28. The number of rotatable bonds is 6. The van der Waals surface area contributed by atoms with Gasteiger partial charge >= 0.3 is 5.97 Å². The molecule has 2 saturated carbocycles. The van der Waals surface area contributed by atoms with Crippen molar-refractivity contribution >= 4 is 5.97 Å². The minimum Gasteiger partial charge on any atom is -0.478 e. The molecule has 25 heavy (non-hydrogen) atoms. The average molecular weight is 352 g/mol. The minimum atomic E-state index is -0.989. The summed E-state index contributed by atoms with van der Waals surface area (Å²) in [5.41, 5.74) is 0.753. The summed E-state index contributed by atoms with van der Waals surface area (Å²) in [7, 11) is 0. The number of aliphatic hydroxyl groups is 3. The Morgan fingerprint density at radius 2 is 2.00 bits per heavy atom. The van der Waals surface area contributed by atoms with Gasteiger partial charge in [0, 0.05) is 11.0 Å². The highest BCUT2D eigenvalue weighted by Crippen LogP contribution is 2.61. The van der Waals surface area contributed by atoms with Crippen molar-refractivity contribution in [3.05, 3.63) is 23.8 Å². The molecular weight excluding hydrogens is 320 g/mol. The van der Waals surface area contributed by atoms with Crippen molar-refractivity contribution in [2.24, 2.45) is 22.7 Å². The molecule has 5 heteroatoms. The van der Waals surface area contributed by atoms with E-state index in [1.807, 2.05) is 6.92 Å². The molecule has 0 saturated heterocycles. The second kappa shape index (κ2) is 7.60. The van der Waals surface area contributed by atoms with Crippen LogP contribution in [0, 0.1) is 22.7 Å². The summed E-state index contributed by atoms with van der Waals surface area (Å²) in [6.07, 6.45) is 5.15. The standard InChI is InChI=1S/C20H32O5/c1-13-4-7-16-19(2,10-8-17(23)20(16,3)12-22)15(13)6-5-14(9-11-21)18(24)25/h9,15-17,21-23H,1,4-8,10-12H2,2-3H3,(H,24,25)/b14-9-/t15-,16+,17-,19+,20+/m1/s1. The van der Waals surface area contributed by atoms with Gasteiger partial charge in [0.25, 0.3) is 0 Å². The number of allylic oxidation sites excluding steroid dienone is 1. The summed E-state index contributed by atoms with van der Waals surface area (Å²) in [5.74, 6) is -0.651. The molecule has 2 fully saturated rings. The number of carboxylic acid groups (broad SMARTS) is 1. The van der Waals surface area contributed by atoms with Crippen LogP contribution in [0.5, 0.6) is 0 Å². The third-order valence-electron chi connectivity index (χ3n) is 7.01. The van der Waals surface area contributed by atoms with Crippen LogP contribution in [0.4, 0.5) is 0 Å². The highest BCUT2D eigenvalue weighted by molar-refractivity contribution is 5.86. The van der Waals surface area contributed by atoms with E-state index in [0.29, 0.717) is 19.3 Å². The zero-order valence-corrected chi connectivity index (χ0v) is 15.4. The molecule has 5 atom stereocenters. The molecule has 0 heterocycles. The quantitative estimate of drug-likeness (QED) is 0.435. The van der Waals surface area contributed by atoms with Crippen molar-refractivity contribution < 1.29 is 25.2 Å². The van der Waals surface area contributed by atoms with Gasteiger partial charge in [-0.2, -0.15) is 0 Å². The van der Waals surface area contributed by atoms with Crippen molar-refractivity contribution in [1.82, 2.24) is 0 Å². The topological polar surface area (TPSA) is 98.0 Å².